The Kier molecular flexibility index (Phi) is 3.14. The van der Waals surface area contributed by atoms with Crippen molar-refractivity contribution in [2.75, 3.05) is 18.4 Å². The number of rotatable bonds is 4. The van der Waals surface area contributed by atoms with E-state index < -0.39 is 0 Å². The molecular formula is C14H19N3O2. The summed E-state index contributed by atoms with van der Waals surface area (Å²) < 4.78 is 0. The minimum Gasteiger partial charge on any atom is -0.381 e. The first kappa shape index (κ1) is 12.4. The molecule has 2 fully saturated rings. The summed E-state index contributed by atoms with van der Waals surface area (Å²) >= 11 is 0. The fourth-order valence-corrected chi connectivity index (χ4v) is 2.78. The van der Waals surface area contributed by atoms with Gasteiger partial charge in [0.2, 0.25) is 0 Å². The Balaban J connectivity index is 1.68. The van der Waals surface area contributed by atoms with Gasteiger partial charge >= 0.3 is 0 Å². The Hall–Kier alpha value is -1.62. The number of non-ortho nitro benzene ring substituents is 1. The van der Waals surface area contributed by atoms with E-state index >= 15 is 0 Å². The van der Waals surface area contributed by atoms with Crippen LogP contribution in [-0.2, 0) is 0 Å². The maximum Gasteiger partial charge on any atom is 0.271 e. The average molecular weight is 261 g/mol. The summed E-state index contributed by atoms with van der Waals surface area (Å²) in [6.07, 6.45) is 3.80. The molecule has 1 saturated carbocycles. The molecule has 1 aromatic carbocycles. The second kappa shape index (κ2) is 4.81. The second-order valence-corrected chi connectivity index (χ2v) is 5.61. The molecule has 1 atom stereocenters. The van der Waals surface area contributed by atoms with Gasteiger partial charge in [0.05, 0.1) is 4.92 Å². The number of benzene rings is 1. The molecule has 1 saturated heterocycles. The van der Waals surface area contributed by atoms with Gasteiger partial charge in [-0.2, -0.15) is 0 Å². The SMILES string of the molecule is Cc1ccc([N+](=O)[O-])cc1NC1CCN(C2CC2)C1. The van der Waals surface area contributed by atoms with Crippen LogP contribution >= 0.6 is 0 Å². The highest BCUT2D eigenvalue weighted by Crippen LogP contribution is 2.31. The molecule has 0 aromatic heterocycles. The summed E-state index contributed by atoms with van der Waals surface area (Å²) in [6, 6.07) is 6.24. The molecule has 1 aliphatic carbocycles. The van der Waals surface area contributed by atoms with Gasteiger partial charge in [0.15, 0.2) is 0 Å². The van der Waals surface area contributed by atoms with Gasteiger partial charge < -0.3 is 5.32 Å². The molecule has 1 N–H and O–H groups in total. The number of hydrogen-bond donors (Lipinski definition) is 1. The lowest BCUT2D eigenvalue weighted by atomic mass is 10.1. The summed E-state index contributed by atoms with van der Waals surface area (Å²) in [4.78, 5) is 13.0. The van der Waals surface area contributed by atoms with Crippen LogP contribution in [0.1, 0.15) is 24.8 Å². The van der Waals surface area contributed by atoms with Crippen molar-refractivity contribution < 1.29 is 4.92 Å². The molecule has 0 radical (unpaired) electrons. The normalized spacial score (nSPS) is 23.5. The van der Waals surface area contributed by atoms with Gasteiger partial charge in [0.1, 0.15) is 0 Å². The molecule has 102 valence electrons. The molecule has 1 aliphatic heterocycles. The molecule has 1 aromatic rings. The minimum atomic E-state index is -0.338. The van der Waals surface area contributed by atoms with E-state index in [1.54, 1.807) is 12.1 Å². The molecule has 2 aliphatic rings. The van der Waals surface area contributed by atoms with E-state index in [-0.39, 0.29) is 10.6 Å². The minimum absolute atomic E-state index is 0.158. The zero-order chi connectivity index (χ0) is 13.4. The van der Waals surface area contributed by atoms with E-state index in [9.17, 15) is 10.1 Å². The third kappa shape index (κ3) is 2.71. The zero-order valence-corrected chi connectivity index (χ0v) is 11.1. The van der Waals surface area contributed by atoms with Crippen molar-refractivity contribution in [1.29, 1.82) is 0 Å². The number of nitrogens with zero attached hydrogens (tertiary/aromatic N) is 2. The standard InChI is InChI=1S/C14H19N3O2/c1-10-2-3-13(17(18)19)8-14(10)15-11-6-7-16(9-11)12-4-5-12/h2-3,8,11-12,15H,4-7,9H2,1H3. The van der Waals surface area contributed by atoms with Crippen LogP contribution in [0.25, 0.3) is 0 Å². The third-order valence-electron chi connectivity index (χ3n) is 4.07. The quantitative estimate of drug-likeness (QED) is 0.668. The van der Waals surface area contributed by atoms with Crippen LogP contribution in [-0.4, -0.2) is 35.0 Å². The fraction of sp³-hybridized carbons (Fsp3) is 0.571. The molecule has 0 spiro atoms. The maximum absolute atomic E-state index is 10.8. The highest BCUT2D eigenvalue weighted by molar-refractivity contribution is 5.57. The van der Waals surface area contributed by atoms with E-state index in [0.717, 1.165) is 36.8 Å². The molecule has 1 unspecified atom stereocenters. The van der Waals surface area contributed by atoms with Crippen molar-refractivity contribution in [3.63, 3.8) is 0 Å². The van der Waals surface area contributed by atoms with Crippen molar-refractivity contribution >= 4 is 11.4 Å². The van der Waals surface area contributed by atoms with Crippen LogP contribution in [0, 0.1) is 17.0 Å². The lowest BCUT2D eigenvalue weighted by Gasteiger charge is -2.17. The number of likely N-dealkylation sites (tertiary alicyclic amines) is 1. The number of aryl methyl sites for hydroxylation is 1. The smallest absolute Gasteiger partial charge is 0.271 e. The van der Waals surface area contributed by atoms with Crippen molar-refractivity contribution in [1.82, 2.24) is 4.90 Å². The zero-order valence-electron chi connectivity index (χ0n) is 11.1. The molecule has 3 rings (SSSR count). The number of nitro groups is 1. The van der Waals surface area contributed by atoms with E-state index in [4.69, 9.17) is 0 Å². The first-order valence-corrected chi connectivity index (χ1v) is 6.89. The third-order valence-corrected chi connectivity index (χ3v) is 4.07. The molecule has 5 heteroatoms. The van der Waals surface area contributed by atoms with Gasteiger partial charge in [-0.1, -0.05) is 6.07 Å². The summed E-state index contributed by atoms with van der Waals surface area (Å²) in [5, 5.41) is 14.3. The van der Waals surface area contributed by atoms with E-state index in [0.29, 0.717) is 6.04 Å². The van der Waals surface area contributed by atoms with Crippen LogP contribution in [0.4, 0.5) is 11.4 Å². The van der Waals surface area contributed by atoms with Crippen molar-refractivity contribution in [3.8, 4) is 0 Å². The summed E-state index contributed by atoms with van der Waals surface area (Å²) in [5.74, 6) is 0. The second-order valence-electron chi connectivity index (χ2n) is 5.61. The van der Waals surface area contributed by atoms with Crippen LogP contribution in [0.5, 0.6) is 0 Å². The largest absolute Gasteiger partial charge is 0.381 e. The number of hydrogen-bond acceptors (Lipinski definition) is 4. The van der Waals surface area contributed by atoms with Gasteiger partial charge in [-0.25, -0.2) is 0 Å². The maximum atomic E-state index is 10.8. The van der Waals surface area contributed by atoms with Crippen LogP contribution in [0.15, 0.2) is 18.2 Å². The Morgan fingerprint density at radius 1 is 1.37 bits per heavy atom. The Morgan fingerprint density at radius 2 is 2.16 bits per heavy atom. The Labute approximate surface area is 112 Å². The number of nitro benzene ring substituents is 1. The first-order chi connectivity index (χ1) is 9.13. The van der Waals surface area contributed by atoms with E-state index in [1.165, 1.54) is 12.8 Å². The van der Waals surface area contributed by atoms with E-state index in [2.05, 4.69) is 10.2 Å². The van der Waals surface area contributed by atoms with Gasteiger partial charge in [-0.05, 0) is 31.7 Å². The van der Waals surface area contributed by atoms with Crippen molar-refractivity contribution in [2.45, 2.75) is 38.3 Å². The fourth-order valence-electron chi connectivity index (χ4n) is 2.78. The Morgan fingerprint density at radius 3 is 2.84 bits per heavy atom. The molecule has 1 heterocycles. The predicted molar refractivity (Wildman–Crippen MR) is 74.5 cm³/mol. The van der Waals surface area contributed by atoms with Crippen LogP contribution in [0.3, 0.4) is 0 Å². The van der Waals surface area contributed by atoms with E-state index in [1.807, 2.05) is 13.0 Å². The predicted octanol–water partition coefficient (Wildman–Crippen LogP) is 2.55. The van der Waals surface area contributed by atoms with Gasteiger partial charge in [0, 0.05) is 43.0 Å². The van der Waals surface area contributed by atoms with Crippen molar-refractivity contribution in [2.24, 2.45) is 0 Å². The monoisotopic (exact) mass is 261 g/mol. The topological polar surface area (TPSA) is 58.4 Å². The lowest BCUT2D eigenvalue weighted by molar-refractivity contribution is -0.384. The van der Waals surface area contributed by atoms with Crippen LogP contribution < -0.4 is 5.32 Å². The molecule has 0 bridgehead atoms. The van der Waals surface area contributed by atoms with Gasteiger partial charge in [-0.3, -0.25) is 15.0 Å². The summed E-state index contributed by atoms with van der Waals surface area (Å²) in [7, 11) is 0. The number of anilines is 1. The lowest BCUT2D eigenvalue weighted by Crippen LogP contribution is -2.27. The number of nitrogens with one attached hydrogen (secondary N) is 1. The Bertz CT molecular complexity index is 499. The molecule has 0 amide bonds. The summed E-state index contributed by atoms with van der Waals surface area (Å²) in [6.45, 7) is 4.20. The first-order valence-electron chi connectivity index (χ1n) is 6.89. The molecular weight excluding hydrogens is 242 g/mol. The summed E-state index contributed by atoms with van der Waals surface area (Å²) in [5.41, 5.74) is 2.12. The molecule has 19 heavy (non-hydrogen) atoms. The van der Waals surface area contributed by atoms with Crippen molar-refractivity contribution in [3.05, 3.63) is 33.9 Å². The highest BCUT2D eigenvalue weighted by atomic mass is 16.6. The average Bonchev–Trinajstić information content (AvgIpc) is 3.13. The van der Waals surface area contributed by atoms with Gasteiger partial charge in [0.25, 0.3) is 5.69 Å². The van der Waals surface area contributed by atoms with Gasteiger partial charge in [-0.15, -0.1) is 0 Å². The van der Waals surface area contributed by atoms with Crippen LogP contribution in [0.2, 0.25) is 0 Å². The highest BCUT2D eigenvalue weighted by Gasteiger charge is 2.34. The molecule has 5 nitrogen and oxygen atoms in total.